The van der Waals surface area contributed by atoms with Crippen LogP contribution < -0.4 is 0 Å². The summed E-state index contributed by atoms with van der Waals surface area (Å²) < 4.78 is 0. The highest BCUT2D eigenvalue weighted by Gasteiger charge is 2.28. The van der Waals surface area contributed by atoms with Gasteiger partial charge in [-0.05, 0) is 38.0 Å². The van der Waals surface area contributed by atoms with Crippen molar-refractivity contribution in [2.24, 2.45) is 5.41 Å². The Bertz CT molecular complexity index is 174. The van der Waals surface area contributed by atoms with Gasteiger partial charge in [-0.3, -0.25) is 0 Å². The molecular weight excluding hydrogens is 172 g/mol. The highest BCUT2D eigenvalue weighted by Crippen LogP contribution is 2.38. The molecule has 1 nitrogen and oxygen atoms in total. The predicted octanol–water partition coefficient (Wildman–Crippen LogP) is 3.90. The Morgan fingerprint density at radius 3 is 2.21 bits per heavy atom. The van der Waals surface area contributed by atoms with Crippen LogP contribution in [0.4, 0.5) is 0 Å². The van der Waals surface area contributed by atoms with E-state index in [9.17, 15) is 5.11 Å². The molecule has 0 aromatic heterocycles. The van der Waals surface area contributed by atoms with Crippen LogP contribution in [0.3, 0.4) is 0 Å². The molecule has 84 valence electrons. The molecule has 0 heterocycles. The summed E-state index contributed by atoms with van der Waals surface area (Å²) in [6.45, 7) is 6.68. The number of hydrogen-bond acceptors (Lipinski definition) is 1. The molecule has 0 bridgehead atoms. The largest absolute Gasteiger partial charge is 0.390 e. The molecule has 1 aliphatic carbocycles. The van der Waals surface area contributed by atoms with Crippen molar-refractivity contribution < 1.29 is 5.11 Å². The van der Waals surface area contributed by atoms with Gasteiger partial charge in [-0.25, -0.2) is 0 Å². The minimum Gasteiger partial charge on any atom is -0.390 e. The van der Waals surface area contributed by atoms with E-state index in [4.69, 9.17) is 0 Å². The van der Waals surface area contributed by atoms with E-state index in [1.807, 2.05) is 6.92 Å². The van der Waals surface area contributed by atoms with E-state index in [-0.39, 0.29) is 0 Å². The molecule has 1 fully saturated rings. The second-order valence-electron chi connectivity index (χ2n) is 5.72. The Morgan fingerprint density at radius 2 is 1.57 bits per heavy atom. The minimum absolute atomic E-state index is 0.402. The van der Waals surface area contributed by atoms with Gasteiger partial charge in [0.15, 0.2) is 0 Å². The summed E-state index contributed by atoms with van der Waals surface area (Å²) >= 11 is 0. The first kappa shape index (κ1) is 12.0. The third-order valence-corrected chi connectivity index (χ3v) is 4.12. The average molecular weight is 198 g/mol. The Balaban J connectivity index is 2.58. The second kappa shape index (κ2) is 4.65. The van der Waals surface area contributed by atoms with Crippen molar-refractivity contribution in [1.29, 1.82) is 0 Å². The van der Waals surface area contributed by atoms with Crippen LogP contribution in [0, 0.1) is 5.41 Å². The van der Waals surface area contributed by atoms with Gasteiger partial charge in [0.05, 0.1) is 5.60 Å². The summed E-state index contributed by atoms with van der Waals surface area (Å²) in [5.41, 5.74) is 0.0785. The molecule has 14 heavy (non-hydrogen) atoms. The van der Waals surface area contributed by atoms with Crippen LogP contribution >= 0.6 is 0 Å². The van der Waals surface area contributed by atoms with Crippen molar-refractivity contribution in [3.63, 3.8) is 0 Å². The van der Waals surface area contributed by atoms with Crippen LogP contribution in [0.2, 0.25) is 0 Å². The Hall–Kier alpha value is -0.0400. The smallest absolute Gasteiger partial charge is 0.0620 e. The standard InChI is InChI=1S/C13H26O/c1-4-12(2)8-6-5-7-9-13(3,14)11-10-12/h14H,4-11H2,1-3H3. The number of aliphatic hydroxyl groups is 1. The van der Waals surface area contributed by atoms with Gasteiger partial charge in [-0.1, -0.05) is 39.5 Å². The van der Waals surface area contributed by atoms with Gasteiger partial charge in [-0.15, -0.1) is 0 Å². The zero-order valence-corrected chi connectivity index (χ0v) is 10.1. The maximum Gasteiger partial charge on any atom is 0.0620 e. The van der Waals surface area contributed by atoms with E-state index in [0.717, 1.165) is 12.8 Å². The lowest BCUT2D eigenvalue weighted by Gasteiger charge is -2.31. The lowest BCUT2D eigenvalue weighted by atomic mass is 9.77. The van der Waals surface area contributed by atoms with Crippen molar-refractivity contribution in [1.82, 2.24) is 0 Å². The molecule has 0 aromatic rings. The molecule has 1 saturated carbocycles. The molecule has 2 atom stereocenters. The first-order valence-electron chi connectivity index (χ1n) is 6.20. The average Bonchev–Trinajstić information content (AvgIpc) is 2.19. The molecule has 0 saturated heterocycles. The zero-order chi connectivity index (χ0) is 10.7. The highest BCUT2D eigenvalue weighted by atomic mass is 16.3. The third-order valence-electron chi connectivity index (χ3n) is 4.12. The summed E-state index contributed by atoms with van der Waals surface area (Å²) in [6, 6.07) is 0. The molecule has 0 amide bonds. The highest BCUT2D eigenvalue weighted by molar-refractivity contribution is 4.81. The number of hydrogen-bond donors (Lipinski definition) is 1. The van der Waals surface area contributed by atoms with Gasteiger partial charge >= 0.3 is 0 Å². The van der Waals surface area contributed by atoms with Crippen LogP contribution in [0.15, 0.2) is 0 Å². The lowest BCUT2D eigenvalue weighted by molar-refractivity contribution is 0.0283. The Morgan fingerprint density at radius 1 is 0.929 bits per heavy atom. The molecule has 0 spiro atoms. The second-order valence-corrected chi connectivity index (χ2v) is 5.72. The quantitative estimate of drug-likeness (QED) is 0.677. The van der Waals surface area contributed by atoms with Gasteiger partial charge < -0.3 is 5.11 Å². The normalized spacial score (nSPS) is 41.1. The van der Waals surface area contributed by atoms with Crippen molar-refractivity contribution in [3.05, 3.63) is 0 Å². The third kappa shape index (κ3) is 3.61. The van der Waals surface area contributed by atoms with Gasteiger partial charge in [0.25, 0.3) is 0 Å². The van der Waals surface area contributed by atoms with Crippen LogP contribution in [-0.2, 0) is 0 Å². The van der Waals surface area contributed by atoms with Crippen molar-refractivity contribution >= 4 is 0 Å². The van der Waals surface area contributed by atoms with Crippen molar-refractivity contribution in [2.45, 2.75) is 77.7 Å². The molecule has 1 N–H and O–H groups in total. The summed E-state index contributed by atoms with van der Waals surface area (Å²) in [4.78, 5) is 0. The van der Waals surface area contributed by atoms with Gasteiger partial charge in [0.2, 0.25) is 0 Å². The van der Waals surface area contributed by atoms with Gasteiger partial charge in [0, 0.05) is 0 Å². The fourth-order valence-corrected chi connectivity index (χ4v) is 2.41. The van der Waals surface area contributed by atoms with Crippen LogP contribution in [0.1, 0.15) is 72.1 Å². The van der Waals surface area contributed by atoms with E-state index in [1.165, 1.54) is 38.5 Å². The maximum atomic E-state index is 10.1. The Kier molecular flexibility index (Phi) is 4.00. The maximum absolute atomic E-state index is 10.1. The van der Waals surface area contributed by atoms with E-state index >= 15 is 0 Å². The van der Waals surface area contributed by atoms with Gasteiger partial charge in [-0.2, -0.15) is 0 Å². The Labute approximate surface area is 88.9 Å². The topological polar surface area (TPSA) is 20.2 Å². The summed E-state index contributed by atoms with van der Waals surface area (Å²) in [6.07, 6.45) is 9.61. The van der Waals surface area contributed by atoms with E-state index < -0.39 is 5.60 Å². The number of rotatable bonds is 1. The molecule has 0 radical (unpaired) electrons. The summed E-state index contributed by atoms with van der Waals surface area (Å²) in [7, 11) is 0. The minimum atomic E-state index is -0.402. The SMILES string of the molecule is CCC1(C)CCCCCC(C)(O)CC1. The molecular formula is C13H26O. The summed E-state index contributed by atoms with van der Waals surface area (Å²) in [5.74, 6) is 0. The van der Waals surface area contributed by atoms with Gasteiger partial charge in [0.1, 0.15) is 0 Å². The molecule has 2 unspecified atom stereocenters. The van der Waals surface area contributed by atoms with E-state index in [2.05, 4.69) is 13.8 Å². The molecule has 1 heteroatoms. The van der Waals surface area contributed by atoms with Crippen molar-refractivity contribution in [3.8, 4) is 0 Å². The fourth-order valence-electron chi connectivity index (χ4n) is 2.41. The zero-order valence-electron chi connectivity index (χ0n) is 10.1. The first-order valence-corrected chi connectivity index (χ1v) is 6.20. The summed E-state index contributed by atoms with van der Waals surface area (Å²) in [5, 5.41) is 10.1. The lowest BCUT2D eigenvalue weighted by Crippen LogP contribution is -2.26. The molecule has 0 aliphatic heterocycles. The predicted molar refractivity (Wildman–Crippen MR) is 61.3 cm³/mol. The molecule has 1 aliphatic rings. The van der Waals surface area contributed by atoms with Crippen molar-refractivity contribution in [2.75, 3.05) is 0 Å². The fraction of sp³-hybridized carbons (Fsp3) is 1.00. The van der Waals surface area contributed by atoms with Crippen LogP contribution in [0.5, 0.6) is 0 Å². The molecule has 0 aromatic carbocycles. The van der Waals surface area contributed by atoms with Crippen LogP contribution in [0.25, 0.3) is 0 Å². The van der Waals surface area contributed by atoms with Crippen LogP contribution in [-0.4, -0.2) is 10.7 Å². The van der Waals surface area contributed by atoms with E-state index in [0.29, 0.717) is 5.41 Å². The monoisotopic (exact) mass is 198 g/mol. The van der Waals surface area contributed by atoms with E-state index in [1.54, 1.807) is 0 Å². The first-order chi connectivity index (χ1) is 6.47. The molecule has 1 rings (SSSR count).